The topological polar surface area (TPSA) is 85.2 Å². The number of aryl methyl sites for hydroxylation is 1. The first kappa shape index (κ1) is 21.1. The Labute approximate surface area is 182 Å². The SMILES string of the molecule is Cc1ccc(-c2cc(C(=O)NC(C)CCN3CCOCC3)cc(-n3cnnn3)c2)cc1. The lowest BCUT2D eigenvalue weighted by Crippen LogP contribution is -2.40. The van der Waals surface area contributed by atoms with E-state index in [4.69, 9.17) is 4.74 Å². The number of ether oxygens (including phenoxy) is 1. The molecule has 1 aromatic heterocycles. The maximum atomic E-state index is 13.1. The van der Waals surface area contributed by atoms with E-state index < -0.39 is 0 Å². The molecule has 1 N–H and O–H groups in total. The highest BCUT2D eigenvalue weighted by Crippen LogP contribution is 2.24. The fraction of sp³-hybridized carbons (Fsp3) is 0.391. The second-order valence-corrected chi connectivity index (χ2v) is 8.01. The molecule has 2 aromatic carbocycles. The Hall–Kier alpha value is -3.10. The van der Waals surface area contributed by atoms with Gasteiger partial charge in [0, 0.05) is 31.2 Å². The number of rotatable bonds is 7. The largest absolute Gasteiger partial charge is 0.379 e. The van der Waals surface area contributed by atoms with Crippen LogP contribution < -0.4 is 5.32 Å². The van der Waals surface area contributed by atoms with Crippen LogP contribution in [-0.4, -0.2) is 69.9 Å². The third kappa shape index (κ3) is 5.53. The van der Waals surface area contributed by atoms with Gasteiger partial charge in [-0.1, -0.05) is 29.8 Å². The van der Waals surface area contributed by atoms with Crippen LogP contribution in [0.15, 0.2) is 48.8 Å². The molecule has 8 nitrogen and oxygen atoms in total. The lowest BCUT2D eigenvalue weighted by Gasteiger charge is -2.27. The Morgan fingerprint density at radius 2 is 1.90 bits per heavy atom. The van der Waals surface area contributed by atoms with Crippen LogP contribution >= 0.6 is 0 Å². The van der Waals surface area contributed by atoms with Crippen molar-refractivity contribution >= 4 is 5.91 Å². The van der Waals surface area contributed by atoms with Crippen LogP contribution in [0.3, 0.4) is 0 Å². The van der Waals surface area contributed by atoms with E-state index in [1.165, 1.54) is 11.9 Å². The minimum Gasteiger partial charge on any atom is -0.379 e. The highest BCUT2D eigenvalue weighted by molar-refractivity contribution is 5.96. The zero-order valence-corrected chi connectivity index (χ0v) is 18.0. The molecule has 0 saturated carbocycles. The molecule has 0 aliphatic carbocycles. The molecule has 162 valence electrons. The number of nitrogens with one attached hydrogen (secondary N) is 1. The number of hydrogen-bond acceptors (Lipinski definition) is 6. The quantitative estimate of drug-likeness (QED) is 0.632. The van der Waals surface area contributed by atoms with Gasteiger partial charge in [-0.2, -0.15) is 0 Å². The minimum absolute atomic E-state index is 0.0647. The molecule has 1 saturated heterocycles. The third-order valence-corrected chi connectivity index (χ3v) is 5.54. The van der Waals surface area contributed by atoms with E-state index in [1.54, 1.807) is 4.68 Å². The monoisotopic (exact) mass is 420 g/mol. The molecule has 0 spiro atoms. The molecule has 2 heterocycles. The van der Waals surface area contributed by atoms with Gasteiger partial charge >= 0.3 is 0 Å². The molecule has 31 heavy (non-hydrogen) atoms. The summed E-state index contributed by atoms with van der Waals surface area (Å²) in [7, 11) is 0. The molecule has 8 heteroatoms. The zero-order valence-electron chi connectivity index (χ0n) is 18.0. The standard InChI is InChI=1S/C23H28N6O2/c1-17-3-5-19(6-4-17)20-13-21(15-22(14-20)29-16-24-26-27-29)23(30)25-18(2)7-8-28-9-11-31-12-10-28/h3-6,13-16,18H,7-12H2,1-2H3,(H,25,30). The van der Waals surface area contributed by atoms with Crippen molar-refractivity contribution in [2.75, 3.05) is 32.8 Å². The fourth-order valence-electron chi connectivity index (χ4n) is 3.65. The number of benzene rings is 2. The predicted molar refractivity (Wildman–Crippen MR) is 118 cm³/mol. The lowest BCUT2D eigenvalue weighted by atomic mass is 10.0. The molecule has 1 aliphatic heterocycles. The van der Waals surface area contributed by atoms with Crippen LogP contribution in [0.1, 0.15) is 29.3 Å². The predicted octanol–water partition coefficient (Wildman–Crippen LogP) is 2.48. The normalized spacial score (nSPS) is 15.5. The van der Waals surface area contributed by atoms with Gasteiger partial charge in [0.15, 0.2) is 0 Å². The second kappa shape index (κ2) is 9.80. The smallest absolute Gasteiger partial charge is 0.251 e. The van der Waals surface area contributed by atoms with Crippen LogP contribution in [0.2, 0.25) is 0 Å². The van der Waals surface area contributed by atoms with Crippen molar-refractivity contribution in [2.24, 2.45) is 0 Å². The first-order chi connectivity index (χ1) is 15.1. The van der Waals surface area contributed by atoms with E-state index in [2.05, 4.69) is 56.9 Å². The summed E-state index contributed by atoms with van der Waals surface area (Å²) in [4.78, 5) is 15.4. The summed E-state index contributed by atoms with van der Waals surface area (Å²) in [5.41, 5.74) is 4.50. The van der Waals surface area contributed by atoms with Gasteiger partial charge in [0.2, 0.25) is 0 Å². The van der Waals surface area contributed by atoms with Gasteiger partial charge in [-0.3, -0.25) is 9.69 Å². The third-order valence-electron chi connectivity index (χ3n) is 5.54. The molecular weight excluding hydrogens is 392 g/mol. The van der Waals surface area contributed by atoms with Crippen LogP contribution in [0.4, 0.5) is 0 Å². The highest BCUT2D eigenvalue weighted by atomic mass is 16.5. The molecule has 1 amide bonds. The van der Waals surface area contributed by atoms with Crippen LogP contribution in [0.5, 0.6) is 0 Å². The number of hydrogen-bond donors (Lipinski definition) is 1. The first-order valence-corrected chi connectivity index (χ1v) is 10.6. The average molecular weight is 421 g/mol. The van der Waals surface area contributed by atoms with Crippen LogP contribution in [0.25, 0.3) is 16.8 Å². The molecule has 1 fully saturated rings. The number of aromatic nitrogens is 4. The van der Waals surface area contributed by atoms with Gasteiger partial charge in [0.1, 0.15) is 6.33 Å². The first-order valence-electron chi connectivity index (χ1n) is 10.6. The Bertz CT molecular complexity index is 997. The van der Waals surface area contributed by atoms with E-state index in [0.717, 1.165) is 56.1 Å². The van der Waals surface area contributed by atoms with Crippen LogP contribution in [-0.2, 0) is 4.74 Å². The Morgan fingerprint density at radius 1 is 1.13 bits per heavy atom. The summed E-state index contributed by atoms with van der Waals surface area (Å²) >= 11 is 0. The summed E-state index contributed by atoms with van der Waals surface area (Å²) in [6, 6.07) is 14.0. The summed E-state index contributed by atoms with van der Waals surface area (Å²) in [6.45, 7) is 8.52. The van der Waals surface area contributed by atoms with E-state index >= 15 is 0 Å². The number of tetrazole rings is 1. The molecule has 1 aliphatic rings. The highest BCUT2D eigenvalue weighted by Gasteiger charge is 2.16. The minimum atomic E-state index is -0.0993. The van der Waals surface area contributed by atoms with Gasteiger partial charge in [-0.25, -0.2) is 4.68 Å². The van der Waals surface area contributed by atoms with Crippen molar-refractivity contribution in [3.63, 3.8) is 0 Å². The Kier molecular flexibility index (Phi) is 6.69. The van der Waals surface area contributed by atoms with Crippen molar-refractivity contribution in [3.8, 4) is 16.8 Å². The molecule has 1 unspecified atom stereocenters. The Balaban J connectivity index is 1.51. The van der Waals surface area contributed by atoms with Gasteiger partial charge in [0.05, 0.1) is 18.9 Å². The summed E-state index contributed by atoms with van der Waals surface area (Å²) < 4.78 is 6.96. The maximum Gasteiger partial charge on any atom is 0.251 e. The van der Waals surface area contributed by atoms with Crippen molar-refractivity contribution in [1.82, 2.24) is 30.4 Å². The van der Waals surface area contributed by atoms with Crippen molar-refractivity contribution in [2.45, 2.75) is 26.3 Å². The summed E-state index contributed by atoms with van der Waals surface area (Å²) in [5.74, 6) is -0.0993. The lowest BCUT2D eigenvalue weighted by molar-refractivity contribution is 0.0363. The second-order valence-electron chi connectivity index (χ2n) is 8.01. The Morgan fingerprint density at radius 3 is 2.61 bits per heavy atom. The molecule has 4 rings (SSSR count). The fourth-order valence-corrected chi connectivity index (χ4v) is 3.65. The van der Waals surface area contributed by atoms with Gasteiger partial charge in [-0.05, 0) is 60.0 Å². The summed E-state index contributed by atoms with van der Waals surface area (Å²) in [6.07, 6.45) is 2.42. The number of morpholine rings is 1. The molecule has 3 aromatic rings. The molecule has 1 atom stereocenters. The summed E-state index contributed by atoms with van der Waals surface area (Å²) in [5, 5.41) is 14.6. The zero-order chi connectivity index (χ0) is 21.6. The van der Waals surface area contributed by atoms with Crippen molar-refractivity contribution in [3.05, 3.63) is 59.9 Å². The van der Waals surface area contributed by atoms with Gasteiger partial charge in [0.25, 0.3) is 5.91 Å². The average Bonchev–Trinajstić information content (AvgIpc) is 3.34. The van der Waals surface area contributed by atoms with Gasteiger partial charge < -0.3 is 10.1 Å². The van der Waals surface area contributed by atoms with Crippen molar-refractivity contribution < 1.29 is 9.53 Å². The van der Waals surface area contributed by atoms with E-state index in [1.807, 2.05) is 25.1 Å². The van der Waals surface area contributed by atoms with E-state index in [-0.39, 0.29) is 11.9 Å². The van der Waals surface area contributed by atoms with Gasteiger partial charge in [-0.15, -0.1) is 5.10 Å². The molecular formula is C23H28N6O2. The van der Waals surface area contributed by atoms with E-state index in [0.29, 0.717) is 5.56 Å². The maximum absolute atomic E-state index is 13.1. The molecule has 0 radical (unpaired) electrons. The van der Waals surface area contributed by atoms with Crippen molar-refractivity contribution in [1.29, 1.82) is 0 Å². The number of nitrogens with zero attached hydrogens (tertiary/aromatic N) is 5. The molecule has 0 bridgehead atoms. The number of carbonyl (C=O) groups is 1. The van der Waals surface area contributed by atoms with Crippen LogP contribution in [0, 0.1) is 6.92 Å². The van der Waals surface area contributed by atoms with E-state index in [9.17, 15) is 4.79 Å². The number of carbonyl (C=O) groups excluding carboxylic acids is 1. The number of amides is 1.